The Hall–Kier alpha value is -1.33. The monoisotopic (exact) mass is 265 g/mol. The van der Waals surface area contributed by atoms with E-state index in [4.69, 9.17) is 4.74 Å². The van der Waals surface area contributed by atoms with Crippen LogP contribution in [-0.4, -0.2) is 17.6 Å². The maximum absolute atomic E-state index is 11.4. The minimum Gasteiger partial charge on any atom is -0.461 e. The molecule has 0 aliphatic heterocycles. The average molecular weight is 265 g/mol. The highest BCUT2D eigenvalue weighted by Crippen LogP contribution is 2.31. The third-order valence-electron chi connectivity index (χ3n) is 1.90. The molecule has 17 heavy (non-hydrogen) atoms. The Labute approximate surface area is 108 Å². The summed E-state index contributed by atoms with van der Waals surface area (Å²) in [6.07, 6.45) is 1.70. The van der Waals surface area contributed by atoms with E-state index in [1.807, 2.05) is 30.3 Å². The summed E-state index contributed by atoms with van der Waals surface area (Å²) < 4.78 is 5.88. The van der Waals surface area contributed by atoms with Crippen molar-refractivity contribution in [2.75, 3.05) is 6.61 Å². The molecule has 0 saturated heterocycles. The van der Waals surface area contributed by atoms with Gasteiger partial charge in [0.25, 0.3) is 0 Å². The topological polar surface area (TPSA) is 39.2 Å². The van der Waals surface area contributed by atoms with Gasteiger partial charge in [-0.2, -0.15) is 0 Å². The Balaban J connectivity index is 2.06. The van der Waals surface area contributed by atoms with E-state index in [-0.39, 0.29) is 5.97 Å². The van der Waals surface area contributed by atoms with Gasteiger partial charge >= 0.3 is 5.97 Å². The molecule has 1 aromatic carbocycles. The van der Waals surface area contributed by atoms with Gasteiger partial charge in [0.1, 0.15) is 0 Å². The highest BCUT2D eigenvalue weighted by molar-refractivity contribution is 8.01. The van der Waals surface area contributed by atoms with Crippen LogP contribution in [0.3, 0.4) is 0 Å². The molecule has 0 fully saturated rings. The fraction of sp³-hybridized carbons (Fsp3) is 0.167. The van der Waals surface area contributed by atoms with Crippen LogP contribution in [0.2, 0.25) is 0 Å². The number of carbonyl (C=O) groups excluding carboxylic acids is 1. The summed E-state index contributed by atoms with van der Waals surface area (Å²) >= 11 is 2.95. The molecule has 0 unspecified atom stereocenters. The first-order valence-corrected chi connectivity index (χ1v) is 6.78. The molecule has 0 saturated carbocycles. The van der Waals surface area contributed by atoms with E-state index in [0.29, 0.717) is 11.6 Å². The van der Waals surface area contributed by atoms with E-state index in [9.17, 15) is 4.79 Å². The molecular weight excluding hydrogens is 254 g/mol. The Bertz CT molecular complexity index is 496. The van der Waals surface area contributed by atoms with E-state index in [2.05, 4.69) is 4.98 Å². The van der Waals surface area contributed by atoms with Gasteiger partial charge in [0, 0.05) is 4.90 Å². The van der Waals surface area contributed by atoms with Gasteiger partial charge in [-0.1, -0.05) is 30.0 Å². The molecule has 0 atom stereocenters. The summed E-state index contributed by atoms with van der Waals surface area (Å²) in [5.74, 6) is -0.350. The van der Waals surface area contributed by atoms with Gasteiger partial charge in [-0.05, 0) is 19.1 Å². The first-order valence-electron chi connectivity index (χ1n) is 5.15. The standard InChI is InChI=1S/C12H11NO2S2/c1-2-15-12(14)11-13-8-10(17-11)16-9-6-4-3-5-7-9/h3-8H,2H2,1H3. The molecule has 88 valence electrons. The van der Waals surface area contributed by atoms with Gasteiger partial charge in [-0.25, -0.2) is 9.78 Å². The number of aromatic nitrogens is 1. The van der Waals surface area contributed by atoms with Gasteiger partial charge in [-0.3, -0.25) is 0 Å². The predicted octanol–water partition coefficient (Wildman–Crippen LogP) is 3.47. The van der Waals surface area contributed by atoms with E-state index >= 15 is 0 Å². The highest BCUT2D eigenvalue weighted by atomic mass is 32.2. The fourth-order valence-electron chi connectivity index (χ4n) is 1.20. The van der Waals surface area contributed by atoms with Crippen LogP contribution in [0, 0.1) is 0 Å². The van der Waals surface area contributed by atoms with Crippen LogP contribution in [0.4, 0.5) is 0 Å². The van der Waals surface area contributed by atoms with Crippen LogP contribution in [0.5, 0.6) is 0 Å². The van der Waals surface area contributed by atoms with Crippen molar-refractivity contribution in [2.24, 2.45) is 0 Å². The summed E-state index contributed by atoms with van der Waals surface area (Å²) in [4.78, 5) is 16.6. The number of nitrogens with zero attached hydrogens (tertiary/aromatic N) is 1. The Morgan fingerprint density at radius 1 is 1.41 bits per heavy atom. The zero-order valence-corrected chi connectivity index (χ0v) is 10.9. The zero-order valence-electron chi connectivity index (χ0n) is 9.25. The zero-order chi connectivity index (χ0) is 12.1. The predicted molar refractivity (Wildman–Crippen MR) is 68.6 cm³/mol. The first-order chi connectivity index (χ1) is 8.29. The molecular formula is C12H11NO2S2. The van der Waals surface area contributed by atoms with Crippen LogP contribution < -0.4 is 0 Å². The van der Waals surface area contributed by atoms with Crippen molar-refractivity contribution in [3.8, 4) is 0 Å². The molecule has 0 bridgehead atoms. The number of carbonyl (C=O) groups is 1. The van der Waals surface area contributed by atoms with Crippen LogP contribution in [0.25, 0.3) is 0 Å². The number of ether oxygens (including phenoxy) is 1. The second kappa shape index (κ2) is 5.84. The molecule has 5 heteroatoms. The lowest BCUT2D eigenvalue weighted by molar-refractivity contribution is 0.0526. The largest absolute Gasteiger partial charge is 0.461 e. The molecule has 0 aliphatic rings. The minimum atomic E-state index is -0.350. The van der Waals surface area contributed by atoms with E-state index < -0.39 is 0 Å². The Kier molecular flexibility index (Phi) is 4.17. The van der Waals surface area contributed by atoms with Crippen molar-refractivity contribution in [3.63, 3.8) is 0 Å². The second-order valence-corrected chi connectivity index (χ2v) is 5.52. The number of benzene rings is 1. The van der Waals surface area contributed by atoms with Gasteiger partial charge in [0.15, 0.2) is 0 Å². The molecule has 0 N–H and O–H groups in total. The quantitative estimate of drug-likeness (QED) is 0.793. The SMILES string of the molecule is CCOC(=O)c1ncc(Sc2ccccc2)s1. The first kappa shape index (κ1) is 12.1. The van der Waals surface area contributed by atoms with Crippen molar-refractivity contribution in [3.05, 3.63) is 41.5 Å². The van der Waals surface area contributed by atoms with Crippen molar-refractivity contribution in [1.82, 2.24) is 4.98 Å². The van der Waals surface area contributed by atoms with Crippen molar-refractivity contribution >= 4 is 29.1 Å². The molecule has 0 spiro atoms. The van der Waals surface area contributed by atoms with Crippen molar-refractivity contribution in [1.29, 1.82) is 0 Å². The van der Waals surface area contributed by atoms with Gasteiger partial charge in [0.2, 0.25) is 5.01 Å². The number of esters is 1. The summed E-state index contributed by atoms with van der Waals surface area (Å²) in [5.41, 5.74) is 0. The lowest BCUT2D eigenvalue weighted by Gasteiger charge is -1.96. The number of thiazole rings is 1. The van der Waals surface area contributed by atoms with E-state index in [1.165, 1.54) is 11.3 Å². The average Bonchev–Trinajstić information content (AvgIpc) is 2.79. The summed E-state index contributed by atoms with van der Waals surface area (Å²) in [5, 5.41) is 0.408. The fourth-order valence-corrected chi connectivity index (χ4v) is 3.07. The second-order valence-electron chi connectivity index (χ2n) is 3.12. The normalized spacial score (nSPS) is 10.2. The molecule has 1 heterocycles. The van der Waals surface area contributed by atoms with E-state index in [0.717, 1.165) is 9.10 Å². The van der Waals surface area contributed by atoms with Crippen LogP contribution >= 0.6 is 23.1 Å². The molecule has 2 rings (SSSR count). The lowest BCUT2D eigenvalue weighted by Crippen LogP contribution is -2.03. The molecule has 0 radical (unpaired) electrons. The third-order valence-corrected chi connectivity index (χ3v) is 3.98. The number of hydrogen-bond donors (Lipinski definition) is 0. The van der Waals surface area contributed by atoms with Gasteiger partial charge in [0.05, 0.1) is 17.0 Å². The third kappa shape index (κ3) is 3.31. The molecule has 3 nitrogen and oxygen atoms in total. The lowest BCUT2D eigenvalue weighted by atomic mass is 10.4. The number of hydrogen-bond acceptors (Lipinski definition) is 5. The maximum Gasteiger partial charge on any atom is 0.367 e. The summed E-state index contributed by atoms with van der Waals surface area (Å²) in [6, 6.07) is 9.98. The summed E-state index contributed by atoms with van der Waals surface area (Å²) in [6.45, 7) is 2.16. The van der Waals surface area contributed by atoms with Crippen molar-refractivity contribution in [2.45, 2.75) is 16.0 Å². The minimum absolute atomic E-state index is 0.350. The van der Waals surface area contributed by atoms with Crippen LogP contribution in [0.1, 0.15) is 16.7 Å². The Morgan fingerprint density at radius 3 is 2.88 bits per heavy atom. The smallest absolute Gasteiger partial charge is 0.367 e. The molecule has 0 aliphatic carbocycles. The highest BCUT2D eigenvalue weighted by Gasteiger charge is 2.12. The van der Waals surface area contributed by atoms with Crippen molar-refractivity contribution < 1.29 is 9.53 Å². The summed E-state index contributed by atoms with van der Waals surface area (Å²) in [7, 11) is 0. The van der Waals surface area contributed by atoms with Gasteiger partial charge < -0.3 is 4.74 Å². The van der Waals surface area contributed by atoms with Gasteiger partial charge in [-0.15, -0.1) is 11.3 Å². The number of rotatable bonds is 4. The molecule has 0 amide bonds. The van der Waals surface area contributed by atoms with Crippen LogP contribution in [0.15, 0.2) is 45.6 Å². The van der Waals surface area contributed by atoms with Crippen LogP contribution in [-0.2, 0) is 4.74 Å². The van der Waals surface area contributed by atoms with E-state index in [1.54, 1.807) is 24.9 Å². The Morgan fingerprint density at radius 2 is 2.18 bits per heavy atom. The molecule has 2 aromatic rings. The maximum atomic E-state index is 11.4. The molecule has 1 aromatic heterocycles.